The van der Waals surface area contributed by atoms with E-state index < -0.39 is 11.8 Å². The molecule has 0 spiro atoms. The molecular formula is C10H5FNO3-. The fraction of sp³-hybridized carbons (Fsp3) is 0. The average molecular weight is 206 g/mol. The Morgan fingerprint density at radius 3 is 2.80 bits per heavy atom. The lowest BCUT2D eigenvalue weighted by molar-refractivity contribution is -0.255. The first kappa shape index (κ1) is 9.39. The largest absolute Gasteiger partial charge is 0.543 e. The van der Waals surface area contributed by atoms with Gasteiger partial charge in [0.25, 0.3) is 0 Å². The number of carbonyl (C=O) groups excluding carboxylic acids is 2. The number of aromatic carboxylic acids is 1. The van der Waals surface area contributed by atoms with Gasteiger partial charge in [-0.15, -0.1) is 0 Å². The third-order valence-corrected chi connectivity index (χ3v) is 2.12. The summed E-state index contributed by atoms with van der Waals surface area (Å²) in [6.07, 6.45) is 0.364. The number of carboxylic acid groups (broad SMARTS) is 1. The Morgan fingerprint density at radius 2 is 2.20 bits per heavy atom. The Morgan fingerprint density at radius 1 is 1.47 bits per heavy atom. The number of carbonyl (C=O) groups is 2. The van der Waals surface area contributed by atoms with Crippen molar-refractivity contribution in [3.05, 3.63) is 35.3 Å². The van der Waals surface area contributed by atoms with E-state index in [0.29, 0.717) is 11.8 Å². The molecule has 1 aromatic heterocycles. The highest BCUT2D eigenvalue weighted by Crippen LogP contribution is 2.21. The van der Waals surface area contributed by atoms with Crippen LogP contribution < -0.4 is 5.11 Å². The van der Waals surface area contributed by atoms with Gasteiger partial charge in [-0.2, -0.15) is 0 Å². The maximum absolute atomic E-state index is 12.9. The van der Waals surface area contributed by atoms with Gasteiger partial charge in [0, 0.05) is 16.5 Å². The van der Waals surface area contributed by atoms with Gasteiger partial charge in [0.05, 0.1) is 11.7 Å². The summed E-state index contributed by atoms with van der Waals surface area (Å²) in [5.74, 6) is -2.02. The van der Waals surface area contributed by atoms with Crippen LogP contribution in [0.2, 0.25) is 0 Å². The van der Waals surface area contributed by atoms with E-state index in [1.165, 1.54) is 12.1 Å². The lowest BCUT2D eigenvalue weighted by atomic mass is 10.1. The maximum atomic E-state index is 12.9. The molecule has 0 fully saturated rings. The van der Waals surface area contributed by atoms with Crippen molar-refractivity contribution in [1.29, 1.82) is 0 Å². The van der Waals surface area contributed by atoms with Crippen molar-refractivity contribution in [2.45, 2.75) is 0 Å². The molecule has 0 amide bonds. The van der Waals surface area contributed by atoms with Gasteiger partial charge in [-0.05, 0) is 18.2 Å². The summed E-state index contributed by atoms with van der Waals surface area (Å²) >= 11 is 0. The van der Waals surface area contributed by atoms with Crippen LogP contribution in [0.1, 0.15) is 20.8 Å². The van der Waals surface area contributed by atoms with Crippen LogP contribution in [0.15, 0.2) is 18.2 Å². The molecule has 2 rings (SSSR count). The predicted octanol–water partition coefficient (Wildman–Crippen LogP) is 0.483. The lowest BCUT2D eigenvalue weighted by Crippen LogP contribution is -2.23. The third-order valence-electron chi connectivity index (χ3n) is 2.12. The molecule has 1 N–H and O–H groups in total. The van der Waals surface area contributed by atoms with Crippen LogP contribution in [0.5, 0.6) is 0 Å². The van der Waals surface area contributed by atoms with E-state index in [1.54, 1.807) is 0 Å². The molecule has 2 aromatic rings. The monoisotopic (exact) mass is 206 g/mol. The second-order valence-electron chi connectivity index (χ2n) is 3.01. The fourth-order valence-corrected chi connectivity index (χ4v) is 1.47. The molecule has 0 aliphatic carbocycles. The van der Waals surface area contributed by atoms with Gasteiger partial charge in [0.2, 0.25) is 0 Å². The summed E-state index contributed by atoms with van der Waals surface area (Å²) in [7, 11) is 0. The number of halogens is 1. The molecule has 0 unspecified atom stereocenters. The molecule has 76 valence electrons. The van der Waals surface area contributed by atoms with E-state index in [9.17, 15) is 19.1 Å². The molecule has 4 nitrogen and oxygen atoms in total. The van der Waals surface area contributed by atoms with Crippen LogP contribution in [0.25, 0.3) is 10.9 Å². The normalized spacial score (nSPS) is 10.5. The predicted molar refractivity (Wildman–Crippen MR) is 48.0 cm³/mol. The van der Waals surface area contributed by atoms with Crippen LogP contribution in [0.4, 0.5) is 4.39 Å². The summed E-state index contributed by atoms with van der Waals surface area (Å²) in [5.41, 5.74) is -0.0344. The summed E-state index contributed by atoms with van der Waals surface area (Å²) in [6, 6.07) is 3.64. The highest BCUT2D eigenvalue weighted by Gasteiger charge is 2.11. The quantitative estimate of drug-likeness (QED) is 0.726. The third kappa shape index (κ3) is 1.38. The summed E-state index contributed by atoms with van der Waals surface area (Å²) in [6.45, 7) is 0. The molecule has 0 aliphatic rings. The number of nitrogens with one attached hydrogen (secondary N) is 1. The molecule has 0 saturated carbocycles. The number of hydrogen-bond donors (Lipinski definition) is 1. The Hall–Kier alpha value is -2.17. The van der Waals surface area contributed by atoms with Gasteiger partial charge in [0.1, 0.15) is 5.82 Å². The van der Waals surface area contributed by atoms with Crippen LogP contribution in [-0.2, 0) is 0 Å². The maximum Gasteiger partial charge on any atom is 0.152 e. The number of hydrogen-bond acceptors (Lipinski definition) is 3. The van der Waals surface area contributed by atoms with Crippen molar-refractivity contribution < 1.29 is 19.1 Å². The second kappa shape index (κ2) is 3.20. The van der Waals surface area contributed by atoms with E-state index >= 15 is 0 Å². The first-order valence-electron chi connectivity index (χ1n) is 4.11. The summed E-state index contributed by atoms with van der Waals surface area (Å²) < 4.78 is 12.9. The van der Waals surface area contributed by atoms with Crippen LogP contribution in [0, 0.1) is 5.82 Å². The minimum Gasteiger partial charge on any atom is -0.543 e. The van der Waals surface area contributed by atoms with Crippen molar-refractivity contribution in [3.8, 4) is 0 Å². The molecule has 5 heteroatoms. The highest BCUT2D eigenvalue weighted by atomic mass is 19.1. The Kier molecular flexibility index (Phi) is 2.00. The molecule has 1 heterocycles. The zero-order valence-electron chi connectivity index (χ0n) is 7.41. The molecule has 0 radical (unpaired) electrons. The van der Waals surface area contributed by atoms with Crippen LogP contribution >= 0.6 is 0 Å². The number of carboxylic acids is 1. The summed E-state index contributed by atoms with van der Waals surface area (Å²) in [5, 5.41) is 10.9. The van der Waals surface area contributed by atoms with Crippen molar-refractivity contribution in [3.63, 3.8) is 0 Å². The van der Waals surface area contributed by atoms with E-state index in [0.717, 1.165) is 6.07 Å². The summed E-state index contributed by atoms with van der Waals surface area (Å²) in [4.78, 5) is 23.8. The first-order valence-corrected chi connectivity index (χ1v) is 4.11. The van der Waals surface area contributed by atoms with Crippen molar-refractivity contribution in [2.75, 3.05) is 0 Å². The Balaban J connectivity index is 2.85. The average Bonchev–Trinajstić information content (AvgIpc) is 2.55. The Labute approximate surface area is 83.3 Å². The highest BCUT2D eigenvalue weighted by molar-refractivity contribution is 6.07. The smallest absolute Gasteiger partial charge is 0.152 e. The fourth-order valence-electron chi connectivity index (χ4n) is 1.47. The Bertz CT molecular complexity index is 559. The van der Waals surface area contributed by atoms with Gasteiger partial charge >= 0.3 is 0 Å². The van der Waals surface area contributed by atoms with Gasteiger partial charge < -0.3 is 14.9 Å². The SMILES string of the molecule is O=Cc1c(C(=O)[O-])[nH]c2ccc(F)cc12. The first-order chi connectivity index (χ1) is 7.13. The second-order valence-corrected chi connectivity index (χ2v) is 3.01. The zero-order valence-corrected chi connectivity index (χ0v) is 7.41. The molecule has 0 bridgehead atoms. The van der Waals surface area contributed by atoms with Crippen molar-refractivity contribution in [1.82, 2.24) is 4.98 Å². The van der Waals surface area contributed by atoms with E-state index in [1.807, 2.05) is 0 Å². The molecule has 1 aromatic carbocycles. The standard InChI is InChI=1S/C10H6FNO3/c11-5-1-2-8-6(3-5)7(4-13)9(12-8)10(14)15/h1-4,12H,(H,14,15)/p-1. The van der Waals surface area contributed by atoms with E-state index in [2.05, 4.69) is 4.98 Å². The minimum absolute atomic E-state index is 0.0931. The molecule has 0 aliphatic heterocycles. The minimum atomic E-state index is -1.49. The van der Waals surface area contributed by atoms with Crippen molar-refractivity contribution >= 4 is 23.2 Å². The molecule has 15 heavy (non-hydrogen) atoms. The zero-order chi connectivity index (χ0) is 11.0. The number of aldehydes is 1. The molecule has 0 atom stereocenters. The molecule has 0 saturated heterocycles. The number of benzene rings is 1. The van der Waals surface area contributed by atoms with Gasteiger partial charge in [-0.1, -0.05) is 0 Å². The number of rotatable bonds is 2. The van der Waals surface area contributed by atoms with Gasteiger partial charge in [-0.25, -0.2) is 4.39 Å². The van der Waals surface area contributed by atoms with Crippen LogP contribution in [-0.4, -0.2) is 17.2 Å². The topological polar surface area (TPSA) is 73.0 Å². The van der Waals surface area contributed by atoms with E-state index in [4.69, 9.17) is 0 Å². The van der Waals surface area contributed by atoms with E-state index in [-0.39, 0.29) is 16.6 Å². The van der Waals surface area contributed by atoms with Gasteiger partial charge in [0.15, 0.2) is 6.29 Å². The van der Waals surface area contributed by atoms with Crippen LogP contribution in [0.3, 0.4) is 0 Å². The number of aromatic amines is 1. The van der Waals surface area contributed by atoms with Gasteiger partial charge in [-0.3, -0.25) is 4.79 Å². The van der Waals surface area contributed by atoms with Crippen molar-refractivity contribution in [2.24, 2.45) is 0 Å². The number of H-pyrrole nitrogens is 1. The lowest BCUT2D eigenvalue weighted by Gasteiger charge is -1.97. The molecular weight excluding hydrogens is 201 g/mol. The number of fused-ring (bicyclic) bond motifs is 1. The number of aromatic nitrogens is 1.